The predicted octanol–water partition coefficient (Wildman–Crippen LogP) is 3.45. The van der Waals surface area contributed by atoms with Crippen LogP contribution >= 0.6 is 0 Å². The van der Waals surface area contributed by atoms with Gasteiger partial charge >= 0.3 is 5.97 Å². The predicted molar refractivity (Wildman–Crippen MR) is 74.9 cm³/mol. The summed E-state index contributed by atoms with van der Waals surface area (Å²) in [5.41, 5.74) is 2.79. The molecule has 0 spiro atoms. The molecule has 2 rings (SSSR count). The Bertz CT molecular complexity index is 541. The molecular weight excluding hydrogens is 240 g/mol. The first kappa shape index (κ1) is 13.7. The third-order valence-corrected chi connectivity index (χ3v) is 3.68. The molecule has 0 bridgehead atoms. The van der Waals surface area contributed by atoms with E-state index in [9.17, 15) is 4.79 Å². The Morgan fingerprint density at radius 1 is 1.42 bits per heavy atom. The zero-order chi connectivity index (χ0) is 14.2. The molecule has 19 heavy (non-hydrogen) atoms. The van der Waals surface area contributed by atoms with Crippen LogP contribution in [0.5, 0.6) is 11.5 Å². The number of carbonyl (C=O) groups is 1. The summed E-state index contributed by atoms with van der Waals surface area (Å²) >= 11 is 0. The third-order valence-electron chi connectivity index (χ3n) is 3.68. The lowest BCUT2D eigenvalue weighted by Gasteiger charge is -2.33. The molecule has 0 saturated carbocycles. The SMILES string of the molecule is C=CCOc1cc2c(c(C)c1C)OC(=O)CC2(C)C. The minimum atomic E-state index is -0.227. The van der Waals surface area contributed by atoms with E-state index in [-0.39, 0.29) is 11.4 Å². The van der Waals surface area contributed by atoms with Crippen LogP contribution in [0.3, 0.4) is 0 Å². The van der Waals surface area contributed by atoms with Gasteiger partial charge in [0.15, 0.2) is 0 Å². The molecule has 0 atom stereocenters. The molecule has 0 fully saturated rings. The van der Waals surface area contributed by atoms with Crippen LogP contribution in [0.4, 0.5) is 0 Å². The van der Waals surface area contributed by atoms with Gasteiger partial charge in [0.2, 0.25) is 0 Å². The minimum Gasteiger partial charge on any atom is -0.489 e. The lowest BCUT2D eigenvalue weighted by atomic mass is 9.78. The van der Waals surface area contributed by atoms with Crippen LogP contribution in [0.25, 0.3) is 0 Å². The van der Waals surface area contributed by atoms with Crippen LogP contribution in [0.2, 0.25) is 0 Å². The number of hydrogen-bond acceptors (Lipinski definition) is 3. The lowest BCUT2D eigenvalue weighted by Crippen LogP contribution is -2.31. The van der Waals surface area contributed by atoms with Crippen LogP contribution < -0.4 is 9.47 Å². The first-order valence-corrected chi connectivity index (χ1v) is 6.46. The maximum Gasteiger partial charge on any atom is 0.312 e. The Hall–Kier alpha value is -1.77. The van der Waals surface area contributed by atoms with Crippen molar-refractivity contribution < 1.29 is 14.3 Å². The van der Waals surface area contributed by atoms with Gasteiger partial charge in [-0.1, -0.05) is 26.5 Å². The highest BCUT2D eigenvalue weighted by Gasteiger charge is 2.35. The first-order chi connectivity index (χ1) is 8.86. The summed E-state index contributed by atoms with van der Waals surface area (Å²) < 4.78 is 11.1. The Morgan fingerprint density at radius 3 is 2.74 bits per heavy atom. The van der Waals surface area contributed by atoms with E-state index < -0.39 is 0 Å². The molecule has 3 heteroatoms. The third kappa shape index (κ3) is 2.37. The van der Waals surface area contributed by atoms with Crippen molar-refractivity contribution in [3.05, 3.63) is 35.4 Å². The molecule has 0 unspecified atom stereocenters. The Kier molecular flexibility index (Phi) is 3.40. The number of benzene rings is 1. The molecule has 0 aromatic heterocycles. The number of esters is 1. The highest BCUT2D eigenvalue weighted by atomic mass is 16.5. The topological polar surface area (TPSA) is 35.5 Å². The summed E-state index contributed by atoms with van der Waals surface area (Å²) in [6.07, 6.45) is 2.11. The van der Waals surface area contributed by atoms with E-state index in [0.717, 1.165) is 22.4 Å². The molecule has 3 nitrogen and oxygen atoms in total. The molecule has 1 aliphatic rings. The van der Waals surface area contributed by atoms with Gasteiger partial charge < -0.3 is 9.47 Å². The van der Waals surface area contributed by atoms with Gasteiger partial charge in [0.1, 0.15) is 18.1 Å². The zero-order valence-electron chi connectivity index (χ0n) is 12.0. The van der Waals surface area contributed by atoms with Gasteiger partial charge in [0, 0.05) is 11.0 Å². The van der Waals surface area contributed by atoms with Crippen molar-refractivity contribution in [2.45, 2.75) is 39.5 Å². The molecule has 1 aliphatic heterocycles. The van der Waals surface area contributed by atoms with Crippen molar-refractivity contribution in [3.8, 4) is 11.5 Å². The maximum absolute atomic E-state index is 11.7. The van der Waals surface area contributed by atoms with Gasteiger partial charge in [0.25, 0.3) is 0 Å². The average molecular weight is 260 g/mol. The zero-order valence-corrected chi connectivity index (χ0v) is 12.0. The Morgan fingerprint density at radius 2 is 2.11 bits per heavy atom. The Labute approximate surface area is 114 Å². The fourth-order valence-electron chi connectivity index (χ4n) is 2.40. The monoisotopic (exact) mass is 260 g/mol. The number of carbonyl (C=O) groups excluding carboxylic acids is 1. The second-order valence-corrected chi connectivity index (χ2v) is 5.64. The molecule has 1 aromatic rings. The van der Waals surface area contributed by atoms with E-state index in [1.807, 2.05) is 19.9 Å². The van der Waals surface area contributed by atoms with Crippen LogP contribution in [-0.4, -0.2) is 12.6 Å². The highest BCUT2D eigenvalue weighted by molar-refractivity contribution is 5.79. The average Bonchev–Trinajstić information content (AvgIpc) is 2.32. The van der Waals surface area contributed by atoms with Crippen LogP contribution in [0, 0.1) is 13.8 Å². The van der Waals surface area contributed by atoms with Crippen molar-refractivity contribution in [1.29, 1.82) is 0 Å². The first-order valence-electron chi connectivity index (χ1n) is 6.46. The Balaban J connectivity index is 2.58. The fourth-order valence-corrected chi connectivity index (χ4v) is 2.40. The second kappa shape index (κ2) is 4.72. The van der Waals surface area contributed by atoms with Gasteiger partial charge in [-0.3, -0.25) is 4.79 Å². The highest BCUT2D eigenvalue weighted by Crippen LogP contribution is 2.44. The number of ether oxygens (including phenoxy) is 2. The van der Waals surface area contributed by atoms with E-state index in [0.29, 0.717) is 18.8 Å². The molecule has 0 amide bonds. The number of fused-ring (bicyclic) bond motifs is 1. The molecule has 0 saturated heterocycles. The van der Waals surface area contributed by atoms with Crippen molar-refractivity contribution in [3.63, 3.8) is 0 Å². The normalized spacial score (nSPS) is 16.5. The molecule has 0 aliphatic carbocycles. The number of rotatable bonds is 3. The van der Waals surface area contributed by atoms with E-state index in [1.165, 1.54) is 0 Å². The molecule has 102 valence electrons. The van der Waals surface area contributed by atoms with Gasteiger partial charge in [-0.2, -0.15) is 0 Å². The summed E-state index contributed by atoms with van der Waals surface area (Å²) in [6.45, 7) is 12.2. The largest absolute Gasteiger partial charge is 0.489 e. The van der Waals surface area contributed by atoms with E-state index in [2.05, 4.69) is 20.4 Å². The van der Waals surface area contributed by atoms with Crippen LogP contribution in [0.15, 0.2) is 18.7 Å². The minimum absolute atomic E-state index is 0.167. The standard InChI is InChI=1S/C16H20O3/c1-6-7-18-13-8-12-15(11(3)10(13)2)19-14(17)9-16(12,4)5/h6,8H,1,7,9H2,2-5H3. The second-order valence-electron chi connectivity index (χ2n) is 5.64. The van der Waals surface area contributed by atoms with Gasteiger partial charge in [-0.05, 0) is 31.0 Å². The van der Waals surface area contributed by atoms with Gasteiger partial charge in [-0.15, -0.1) is 0 Å². The van der Waals surface area contributed by atoms with Crippen molar-refractivity contribution in [2.75, 3.05) is 6.61 Å². The van der Waals surface area contributed by atoms with E-state index in [4.69, 9.17) is 9.47 Å². The smallest absolute Gasteiger partial charge is 0.312 e. The molecule has 0 radical (unpaired) electrons. The summed E-state index contributed by atoms with van der Waals surface area (Å²) in [4.78, 5) is 11.7. The quantitative estimate of drug-likeness (QED) is 0.474. The van der Waals surface area contributed by atoms with E-state index in [1.54, 1.807) is 6.08 Å². The summed E-state index contributed by atoms with van der Waals surface area (Å²) in [6, 6.07) is 1.99. The molecular formula is C16H20O3. The fraction of sp³-hybridized carbons (Fsp3) is 0.438. The molecule has 1 heterocycles. The summed E-state index contributed by atoms with van der Waals surface area (Å²) in [5, 5.41) is 0. The van der Waals surface area contributed by atoms with Crippen molar-refractivity contribution in [2.24, 2.45) is 0 Å². The van der Waals surface area contributed by atoms with Crippen molar-refractivity contribution in [1.82, 2.24) is 0 Å². The van der Waals surface area contributed by atoms with Gasteiger partial charge in [-0.25, -0.2) is 0 Å². The van der Waals surface area contributed by atoms with Gasteiger partial charge in [0.05, 0.1) is 6.42 Å². The maximum atomic E-state index is 11.7. The lowest BCUT2D eigenvalue weighted by molar-refractivity contribution is -0.137. The van der Waals surface area contributed by atoms with E-state index >= 15 is 0 Å². The molecule has 0 N–H and O–H groups in total. The van der Waals surface area contributed by atoms with Crippen LogP contribution in [-0.2, 0) is 10.2 Å². The van der Waals surface area contributed by atoms with Crippen molar-refractivity contribution >= 4 is 5.97 Å². The molecule has 1 aromatic carbocycles. The summed E-state index contributed by atoms with van der Waals surface area (Å²) in [7, 11) is 0. The van der Waals surface area contributed by atoms with Crippen LogP contribution in [0.1, 0.15) is 37.0 Å². The summed E-state index contributed by atoms with van der Waals surface area (Å²) in [5.74, 6) is 1.37. The number of hydrogen-bond donors (Lipinski definition) is 0.